The lowest BCUT2D eigenvalue weighted by Crippen LogP contribution is -2.37. The Kier molecular flexibility index (Phi) is 4.38. The van der Waals surface area contributed by atoms with Crippen molar-refractivity contribution >= 4 is 28.7 Å². The van der Waals surface area contributed by atoms with Gasteiger partial charge in [-0.25, -0.2) is 4.79 Å². The number of hydrogen-bond donors (Lipinski definition) is 2. The summed E-state index contributed by atoms with van der Waals surface area (Å²) in [5.74, 6) is 0.407. The summed E-state index contributed by atoms with van der Waals surface area (Å²) in [6, 6.07) is 0. The van der Waals surface area contributed by atoms with Gasteiger partial charge in [0.05, 0.1) is 6.61 Å². The molecule has 2 heterocycles. The molecule has 2 rings (SSSR count). The van der Waals surface area contributed by atoms with Crippen LogP contribution in [-0.2, 0) is 20.6 Å². The van der Waals surface area contributed by atoms with Crippen molar-refractivity contribution < 1.29 is 5.11 Å². The largest absolute Gasteiger partial charge is 0.395 e. The smallest absolute Gasteiger partial charge is 0.332 e. The highest BCUT2D eigenvalue weighted by Crippen LogP contribution is 2.17. The number of rotatable bonds is 5. The van der Waals surface area contributed by atoms with Gasteiger partial charge in [-0.05, 0) is 6.92 Å². The van der Waals surface area contributed by atoms with Crippen LogP contribution in [0.3, 0.4) is 0 Å². The summed E-state index contributed by atoms with van der Waals surface area (Å²) >= 11 is 6.04. The van der Waals surface area contributed by atoms with Crippen LogP contribution in [0.1, 0.15) is 6.92 Å². The molecule has 9 heteroatoms. The van der Waals surface area contributed by atoms with Gasteiger partial charge in [-0.3, -0.25) is 13.9 Å². The third-order valence-corrected chi connectivity index (χ3v) is 3.32. The van der Waals surface area contributed by atoms with E-state index in [0.717, 1.165) is 4.57 Å². The Balaban J connectivity index is 2.80. The molecule has 2 aromatic heterocycles. The minimum Gasteiger partial charge on any atom is -0.395 e. The van der Waals surface area contributed by atoms with E-state index in [1.807, 2.05) is 0 Å². The minimum absolute atomic E-state index is 0.0728. The molecule has 1 atom stereocenters. The molecule has 21 heavy (non-hydrogen) atoms. The van der Waals surface area contributed by atoms with Gasteiger partial charge in [0.25, 0.3) is 5.56 Å². The summed E-state index contributed by atoms with van der Waals surface area (Å²) in [7, 11) is 2.98. The summed E-state index contributed by atoms with van der Waals surface area (Å²) in [6.07, 6.45) is 0. The summed E-state index contributed by atoms with van der Waals surface area (Å²) < 4.78 is 4.00. The van der Waals surface area contributed by atoms with Crippen molar-refractivity contribution in [3.63, 3.8) is 0 Å². The number of anilines is 1. The summed E-state index contributed by atoms with van der Waals surface area (Å²) in [5.41, 5.74) is -0.256. The lowest BCUT2D eigenvalue weighted by atomic mass is 10.4. The van der Waals surface area contributed by atoms with Crippen LogP contribution in [0.4, 0.5) is 5.95 Å². The third kappa shape index (κ3) is 2.68. The standard InChI is InChI=1S/C12H18ClN5O3/c1-7(13)6-18-8-9(15-11(18)14-4-5-19)16(2)12(21)17(3)10(8)20/h7,19H,4-6H2,1-3H3,(H,14,15). The van der Waals surface area contributed by atoms with E-state index >= 15 is 0 Å². The molecule has 8 nitrogen and oxygen atoms in total. The van der Waals surface area contributed by atoms with E-state index in [4.69, 9.17) is 16.7 Å². The van der Waals surface area contributed by atoms with E-state index in [2.05, 4.69) is 10.3 Å². The summed E-state index contributed by atoms with van der Waals surface area (Å²) in [5, 5.41) is 11.6. The van der Waals surface area contributed by atoms with Crippen molar-refractivity contribution in [1.82, 2.24) is 18.7 Å². The molecule has 2 N–H and O–H groups in total. The van der Waals surface area contributed by atoms with Gasteiger partial charge >= 0.3 is 5.69 Å². The quantitative estimate of drug-likeness (QED) is 0.723. The van der Waals surface area contributed by atoms with Crippen LogP contribution in [0.2, 0.25) is 0 Å². The van der Waals surface area contributed by atoms with Gasteiger partial charge in [0.1, 0.15) is 0 Å². The fraction of sp³-hybridized carbons (Fsp3) is 0.583. The van der Waals surface area contributed by atoms with Crippen LogP contribution in [-0.4, -0.2) is 42.3 Å². The zero-order valence-corrected chi connectivity index (χ0v) is 12.9. The molecular formula is C12H18ClN5O3. The van der Waals surface area contributed by atoms with E-state index in [9.17, 15) is 9.59 Å². The number of nitrogens with zero attached hydrogens (tertiary/aromatic N) is 4. The van der Waals surface area contributed by atoms with E-state index in [-0.39, 0.29) is 18.5 Å². The van der Waals surface area contributed by atoms with Crippen molar-refractivity contribution in [3.8, 4) is 0 Å². The molecule has 0 saturated heterocycles. The first-order chi connectivity index (χ1) is 9.88. The van der Waals surface area contributed by atoms with Gasteiger partial charge in [0.15, 0.2) is 11.2 Å². The van der Waals surface area contributed by atoms with E-state index in [1.165, 1.54) is 11.6 Å². The molecule has 0 amide bonds. The fourth-order valence-electron chi connectivity index (χ4n) is 2.18. The first-order valence-corrected chi connectivity index (χ1v) is 6.97. The van der Waals surface area contributed by atoms with Crippen LogP contribution >= 0.6 is 11.6 Å². The van der Waals surface area contributed by atoms with Crippen LogP contribution in [0, 0.1) is 0 Å². The second kappa shape index (κ2) is 5.90. The Morgan fingerprint density at radius 3 is 2.57 bits per heavy atom. The zero-order chi connectivity index (χ0) is 15.7. The predicted molar refractivity (Wildman–Crippen MR) is 81.1 cm³/mol. The highest BCUT2D eigenvalue weighted by Gasteiger charge is 2.19. The summed E-state index contributed by atoms with van der Waals surface area (Å²) in [4.78, 5) is 28.6. The Hall–Kier alpha value is -1.80. The predicted octanol–water partition coefficient (Wildman–Crippen LogP) is -0.535. The molecule has 0 fully saturated rings. The Morgan fingerprint density at radius 2 is 2.00 bits per heavy atom. The number of hydrogen-bond acceptors (Lipinski definition) is 5. The number of alkyl halides is 1. The molecule has 0 spiro atoms. The Bertz CT molecular complexity index is 774. The van der Waals surface area contributed by atoms with Crippen molar-refractivity contribution in [1.29, 1.82) is 0 Å². The van der Waals surface area contributed by atoms with Crippen molar-refractivity contribution in [3.05, 3.63) is 20.8 Å². The maximum absolute atomic E-state index is 12.4. The minimum atomic E-state index is -0.440. The van der Waals surface area contributed by atoms with Gasteiger partial charge in [-0.2, -0.15) is 4.98 Å². The van der Waals surface area contributed by atoms with E-state index in [0.29, 0.717) is 23.7 Å². The maximum atomic E-state index is 12.4. The second-order valence-electron chi connectivity index (χ2n) is 4.86. The van der Waals surface area contributed by atoms with Gasteiger partial charge in [0, 0.05) is 32.6 Å². The van der Waals surface area contributed by atoms with E-state index in [1.54, 1.807) is 18.5 Å². The Morgan fingerprint density at radius 1 is 1.33 bits per heavy atom. The molecule has 0 aliphatic carbocycles. The highest BCUT2D eigenvalue weighted by atomic mass is 35.5. The molecule has 0 aliphatic rings. The second-order valence-corrected chi connectivity index (χ2v) is 5.60. The number of fused-ring (bicyclic) bond motifs is 1. The van der Waals surface area contributed by atoms with Crippen molar-refractivity contribution in [2.75, 3.05) is 18.5 Å². The monoisotopic (exact) mass is 315 g/mol. The molecule has 0 aromatic carbocycles. The normalized spacial score (nSPS) is 12.8. The summed E-state index contributed by atoms with van der Waals surface area (Å²) in [6.45, 7) is 2.37. The van der Waals surface area contributed by atoms with Gasteiger partial charge in [-0.15, -0.1) is 11.6 Å². The van der Waals surface area contributed by atoms with Gasteiger partial charge < -0.3 is 15.0 Å². The average Bonchev–Trinajstić information content (AvgIpc) is 2.78. The van der Waals surface area contributed by atoms with Crippen LogP contribution < -0.4 is 16.6 Å². The number of aromatic nitrogens is 4. The molecule has 0 saturated carbocycles. The van der Waals surface area contributed by atoms with E-state index < -0.39 is 11.2 Å². The number of aliphatic hydroxyl groups excluding tert-OH is 1. The molecule has 116 valence electrons. The first-order valence-electron chi connectivity index (χ1n) is 6.53. The fourth-order valence-corrected chi connectivity index (χ4v) is 2.32. The molecule has 0 aliphatic heterocycles. The lowest BCUT2D eigenvalue weighted by molar-refractivity contribution is 0.310. The number of halogens is 1. The molecule has 2 aromatic rings. The zero-order valence-electron chi connectivity index (χ0n) is 12.1. The number of nitrogens with one attached hydrogen (secondary N) is 1. The number of aliphatic hydroxyl groups is 1. The van der Waals surface area contributed by atoms with Crippen LogP contribution in [0.5, 0.6) is 0 Å². The lowest BCUT2D eigenvalue weighted by Gasteiger charge is -2.11. The van der Waals surface area contributed by atoms with Gasteiger partial charge in [0.2, 0.25) is 5.95 Å². The highest BCUT2D eigenvalue weighted by molar-refractivity contribution is 6.20. The topological polar surface area (TPSA) is 94.1 Å². The van der Waals surface area contributed by atoms with Gasteiger partial charge in [-0.1, -0.05) is 0 Å². The van der Waals surface area contributed by atoms with Crippen molar-refractivity contribution in [2.24, 2.45) is 14.1 Å². The number of imidazole rings is 1. The maximum Gasteiger partial charge on any atom is 0.332 e. The molecule has 0 radical (unpaired) electrons. The molecule has 0 bridgehead atoms. The molecular weight excluding hydrogens is 298 g/mol. The number of aryl methyl sites for hydroxylation is 1. The SMILES string of the molecule is CC(Cl)Cn1c(NCCO)nc2c1c(=O)n(C)c(=O)n2C. The van der Waals surface area contributed by atoms with Crippen LogP contribution in [0.25, 0.3) is 11.2 Å². The first kappa shape index (κ1) is 15.6. The van der Waals surface area contributed by atoms with Crippen molar-refractivity contribution in [2.45, 2.75) is 18.8 Å². The van der Waals surface area contributed by atoms with Crippen LogP contribution in [0.15, 0.2) is 9.59 Å². The molecule has 1 unspecified atom stereocenters. The third-order valence-electron chi connectivity index (χ3n) is 3.18. The average molecular weight is 316 g/mol. The Labute approximate surface area is 125 Å².